The van der Waals surface area contributed by atoms with Gasteiger partial charge < -0.3 is 4.90 Å². The molecule has 1 aromatic rings. The van der Waals surface area contributed by atoms with E-state index in [-0.39, 0.29) is 5.75 Å². The van der Waals surface area contributed by atoms with E-state index in [4.69, 9.17) is 0 Å². The van der Waals surface area contributed by atoms with Gasteiger partial charge >= 0.3 is 6.18 Å². The maximum absolute atomic E-state index is 12.4. The van der Waals surface area contributed by atoms with Crippen molar-refractivity contribution < 1.29 is 21.6 Å². The van der Waals surface area contributed by atoms with Crippen LogP contribution in [0.3, 0.4) is 0 Å². The second-order valence-corrected chi connectivity index (χ2v) is 6.82. The van der Waals surface area contributed by atoms with Crippen molar-refractivity contribution in [1.29, 1.82) is 0 Å². The summed E-state index contributed by atoms with van der Waals surface area (Å²) in [4.78, 5) is 1.75. The molecule has 0 saturated carbocycles. The summed E-state index contributed by atoms with van der Waals surface area (Å²) in [6.07, 6.45) is -3.18. The molecule has 1 aromatic carbocycles. The van der Waals surface area contributed by atoms with Crippen LogP contribution in [0.1, 0.15) is 11.1 Å². The number of sulfone groups is 1. The molecule has 0 aromatic heterocycles. The van der Waals surface area contributed by atoms with Gasteiger partial charge in [-0.3, -0.25) is 0 Å². The fraction of sp³-hybridized carbons (Fsp3) is 0.500. The summed E-state index contributed by atoms with van der Waals surface area (Å²) in [5.74, 6) is 0.0319. The van der Waals surface area contributed by atoms with E-state index in [1.165, 1.54) is 12.1 Å². The lowest BCUT2D eigenvalue weighted by atomic mass is 10.1. The Bertz CT molecular complexity index is 509. The number of nitrogens with zero attached hydrogens (tertiary/aromatic N) is 1. The van der Waals surface area contributed by atoms with E-state index in [1.54, 1.807) is 11.9 Å². The van der Waals surface area contributed by atoms with Gasteiger partial charge in [0, 0.05) is 19.3 Å². The summed E-state index contributed by atoms with van der Waals surface area (Å²) in [5.41, 5.74) is 0.0269. The molecule has 0 unspecified atom stereocenters. The van der Waals surface area contributed by atoms with Crippen LogP contribution >= 0.6 is 0 Å². The zero-order valence-corrected chi connectivity index (χ0v) is 11.6. The predicted molar refractivity (Wildman–Crippen MR) is 67.5 cm³/mol. The SMILES string of the molecule is CN(CCS(C)(=O)=O)Cc1ccc(C(F)(F)F)cc1. The van der Waals surface area contributed by atoms with E-state index in [0.717, 1.165) is 18.4 Å². The van der Waals surface area contributed by atoms with Crippen molar-refractivity contribution in [3.8, 4) is 0 Å². The van der Waals surface area contributed by atoms with E-state index >= 15 is 0 Å². The summed E-state index contributed by atoms with van der Waals surface area (Å²) in [6.45, 7) is 0.757. The highest BCUT2D eigenvalue weighted by Gasteiger charge is 2.29. The summed E-state index contributed by atoms with van der Waals surface area (Å²) >= 11 is 0. The first-order valence-electron chi connectivity index (χ1n) is 5.60. The molecule has 0 saturated heterocycles. The summed E-state index contributed by atoms with van der Waals surface area (Å²) in [7, 11) is -1.30. The Morgan fingerprint density at radius 3 is 2.11 bits per heavy atom. The Morgan fingerprint density at radius 1 is 1.16 bits per heavy atom. The highest BCUT2D eigenvalue weighted by molar-refractivity contribution is 7.90. The molecule has 0 aliphatic heterocycles. The van der Waals surface area contributed by atoms with Crippen LogP contribution in [0.5, 0.6) is 0 Å². The Hall–Kier alpha value is -1.08. The molecule has 0 fully saturated rings. The van der Waals surface area contributed by atoms with E-state index in [2.05, 4.69) is 0 Å². The molecule has 1 rings (SSSR count). The van der Waals surface area contributed by atoms with Gasteiger partial charge in [-0.1, -0.05) is 12.1 Å². The van der Waals surface area contributed by atoms with Gasteiger partial charge in [0.1, 0.15) is 9.84 Å². The fourth-order valence-electron chi connectivity index (χ4n) is 1.51. The zero-order valence-electron chi connectivity index (χ0n) is 10.7. The minimum absolute atomic E-state index is 0.0319. The van der Waals surface area contributed by atoms with Gasteiger partial charge in [0.05, 0.1) is 11.3 Å². The van der Waals surface area contributed by atoms with Gasteiger partial charge in [0.2, 0.25) is 0 Å². The molecular formula is C12H16F3NO2S. The molecule has 19 heavy (non-hydrogen) atoms. The first-order chi connectivity index (χ1) is 8.58. The summed E-state index contributed by atoms with van der Waals surface area (Å²) < 4.78 is 59.1. The average molecular weight is 295 g/mol. The van der Waals surface area contributed by atoms with Gasteiger partial charge in [0.25, 0.3) is 0 Å². The lowest BCUT2D eigenvalue weighted by Gasteiger charge is -2.16. The molecule has 0 bridgehead atoms. The minimum atomic E-state index is -4.33. The number of benzene rings is 1. The van der Waals surface area contributed by atoms with Crippen molar-refractivity contribution in [2.75, 3.05) is 25.6 Å². The smallest absolute Gasteiger partial charge is 0.301 e. The third kappa shape index (κ3) is 6.07. The Labute approximate surface area is 111 Å². The van der Waals surface area contributed by atoms with Crippen LogP contribution in [-0.2, 0) is 22.6 Å². The fourth-order valence-corrected chi connectivity index (χ4v) is 2.15. The molecule has 0 aliphatic rings. The van der Waals surface area contributed by atoms with Crippen LogP contribution in [0.4, 0.5) is 13.2 Å². The molecular weight excluding hydrogens is 279 g/mol. The highest BCUT2D eigenvalue weighted by atomic mass is 32.2. The number of hydrogen-bond acceptors (Lipinski definition) is 3. The van der Waals surface area contributed by atoms with Gasteiger partial charge in [-0.15, -0.1) is 0 Å². The standard InChI is InChI=1S/C12H16F3NO2S/c1-16(7-8-19(2,17)18)9-10-3-5-11(6-4-10)12(13,14)15/h3-6H,7-9H2,1-2H3. The molecule has 3 nitrogen and oxygen atoms in total. The summed E-state index contributed by atoms with van der Waals surface area (Å²) in [6, 6.07) is 4.86. The minimum Gasteiger partial charge on any atom is -0.301 e. The van der Waals surface area contributed by atoms with Crippen LogP contribution in [0.25, 0.3) is 0 Å². The first-order valence-corrected chi connectivity index (χ1v) is 7.66. The van der Waals surface area contributed by atoms with Gasteiger partial charge in [-0.05, 0) is 24.7 Å². The lowest BCUT2D eigenvalue weighted by molar-refractivity contribution is -0.137. The summed E-state index contributed by atoms with van der Waals surface area (Å²) in [5, 5.41) is 0. The van der Waals surface area contributed by atoms with Crippen molar-refractivity contribution in [2.45, 2.75) is 12.7 Å². The number of alkyl halides is 3. The maximum atomic E-state index is 12.4. The van der Waals surface area contributed by atoms with Crippen molar-refractivity contribution in [3.05, 3.63) is 35.4 Å². The van der Waals surface area contributed by atoms with Crippen LogP contribution in [-0.4, -0.2) is 38.9 Å². The van der Waals surface area contributed by atoms with E-state index in [1.807, 2.05) is 0 Å². The molecule has 0 spiro atoms. The van der Waals surface area contributed by atoms with Crippen LogP contribution in [0.15, 0.2) is 24.3 Å². The Balaban J connectivity index is 2.58. The molecule has 108 valence electrons. The van der Waals surface area contributed by atoms with Gasteiger partial charge in [0.15, 0.2) is 0 Å². The normalized spacial score (nSPS) is 12.9. The quantitative estimate of drug-likeness (QED) is 0.835. The molecule has 0 aliphatic carbocycles. The van der Waals surface area contributed by atoms with Crippen molar-refractivity contribution in [3.63, 3.8) is 0 Å². The topological polar surface area (TPSA) is 37.4 Å². The lowest BCUT2D eigenvalue weighted by Crippen LogP contribution is -2.24. The predicted octanol–water partition coefficient (Wildman–Crippen LogP) is 2.18. The van der Waals surface area contributed by atoms with E-state index in [9.17, 15) is 21.6 Å². The monoisotopic (exact) mass is 295 g/mol. The molecule has 7 heteroatoms. The van der Waals surface area contributed by atoms with Crippen LogP contribution < -0.4 is 0 Å². The molecule has 0 N–H and O–H groups in total. The van der Waals surface area contributed by atoms with Gasteiger partial charge in [-0.25, -0.2) is 8.42 Å². The Kier molecular flexibility index (Phi) is 4.98. The van der Waals surface area contributed by atoms with E-state index < -0.39 is 21.6 Å². The number of halogens is 3. The third-order valence-corrected chi connectivity index (χ3v) is 3.50. The molecule has 0 heterocycles. The van der Waals surface area contributed by atoms with Crippen LogP contribution in [0.2, 0.25) is 0 Å². The first kappa shape index (κ1) is 16.0. The van der Waals surface area contributed by atoms with Gasteiger partial charge in [-0.2, -0.15) is 13.2 Å². The van der Waals surface area contributed by atoms with E-state index in [0.29, 0.717) is 18.7 Å². The zero-order chi connectivity index (χ0) is 14.7. The second-order valence-electron chi connectivity index (χ2n) is 4.56. The maximum Gasteiger partial charge on any atom is 0.416 e. The number of hydrogen-bond donors (Lipinski definition) is 0. The highest BCUT2D eigenvalue weighted by Crippen LogP contribution is 2.29. The molecule has 0 atom stereocenters. The number of rotatable bonds is 5. The third-order valence-electron chi connectivity index (χ3n) is 2.58. The molecule has 0 amide bonds. The Morgan fingerprint density at radius 2 is 1.68 bits per heavy atom. The van der Waals surface area contributed by atoms with Crippen molar-refractivity contribution in [2.24, 2.45) is 0 Å². The van der Waals surface area contributed by atoms with Crippen molar-refractivity contribution >= 4 is 9.84 Å². The van der Waals surface area contributed by atoms with Crippen LogP contribution in [0, 0.1) is 0 Å². The largest absolute Gasteiger partial charge is 0.416 e. The average Bonchev–Trinajstić information content (AvgIpc) is 2.25. The molecule has 0 radical (unpaired) electrons. The second kappa shape index (κ2) is 5.92. The van der Waals surface area contributed by atoms with Crippen molar-refractivity contribution in [1.82, 2.24) is 4.90 Å².